The Labute approximate surface area is 166 Å². The highest BCUT2D eigenvalue weighted by atomic mass is 32.1. The van der Waals surface area contributed by atoms with Gasteiger partial charge in [0.1, 0.15) is 0 Å². The van der Waals surface area contributed by atoms with Crippen LogP contribution in [0.5, 0.6) is 0 Å². The molecule has 2 aromatic rings. The van der Waals surface area contributed by atoms with Gasteiger partial charge >= 0.3 is 0 Å². The minimum atomic E-state index is -0.00245. The molecule has 1 aromatic carbocycles. The number of carbonyl (C=O) groups excluding carboxylic acids is 2. The Bertz CT molecular complexity index is 698. The summed E-state index contributed by atoms with van der Waals surface area (Å²) in [5.41, 5.74) is 1.10. The van der Waals surface area contributed by atoms with Crippen molar-refractivity contribution in [2.45, 2.75) is 46.7 Å². The van der Waals surface area contributed by atoms with E-state index in [9.17, 15) is 9.59 Å². The molecule has 0 saturated carbocycles. The summed E-state index contributed by atoms with van der Waals surface area (Å²) in [6, 6.07) is 14.1. The van der Waals surface area contributed by atoms with Crippen LogP contribution in [0, 0.1) is 5.92 Å². The highest BCUT2D eigenvalue weighted by Crippen LogP contribution is 2.16. The standard InChI is InChI=1S/C22H30N2O2S/c1-4-9-21(25)23(14-18(2)3)17-22(26)24(16-20-12-8-13-27-20)15-19-10-6-5-7-11-19/h5-8,10-13,18H,4,9,14-17H2,1-3H3. The van der Waals surface area contributed by atoms with E-state index < -0.39 is 0 Å². The molecule has 5 heteroatoms. The highest BCUT2D eigenvalue weighted by Gasteiger charge is 2.22. The Kier molecular flexibility index (Phi) is 8.52. The van der Waals surface area contributed by atoms with E-state index in [0.29, 0.717) is 32.0 Å². The zero-order chi connectivity index (χ0) is 19.6. The third-order valence-electron chi connectivity index (χ3n) is 4.22. The summed E-state index contributed by atoms with van der Waals surface area (Å²) >= 11 is 1.65. The number of thiophene rings is 1. The molecule has 0 bridgehead atoms. The summed E-state index contributed by atoms with van der Waals surface area (Å²) < 4.78 is 0. The Morgan fingerprint density at radius 2 is 1.70 bits per heavy atom. The van der Waals surface area contributed by atoms with Crippen molar-refractivity contribution in [1.29, 1.82) is 0 Å². The molecule has 0 unspecified atom stereocenters. The molecule has 2 amide bonds. The van der Waals surface area contributed by atoms with Crippen molar-refractivity contribution < 1.29 is 9.59 Å². The zero-order valence-corrected chi connectivity index (χ0v) is 17.4. The second-order valence-corrected chi connectivity index (χ2v) is 8.27. The summed E-state index contributed by atoms with van der Waals surface area (Å²) in [6.45, 7) is 8.02. The van der Waals surface area contributed by atoms with Crippen molar-refractivity contribution >= 4 is 23.2 Å². The SMILES string of the molecule is CCCC(=O)N(CC(=O)N(Cc1ccccc1)Cc1cccs1)CC(C)C. The van der Waals surface area contributed by atoms with Gasteiger partial charge in [-0.15, -0.1) is 11.3 Å². The van der Waals surface area contributed by atoms with Crippen LogP contribution in [-0.4, -0.2) is 34.7 Å². The smallest absolute Gasteiger partial charge is 0.242 e. The van der Waals surface area contributed by atoms with Crippen LogP contribution in [0.1, 0.15) is 44.1 Å². The van der Waals surface area contributed by atoms with E-state index in [1.165, 1.54) is 0 Å². The fourth-order valence-electron chi connectivity index (χ4n) is 2.96. The van der Waals surface area contributed by atoms with E-state index in [2.05, 4.69) is 13.8 Å². The third kappa shape index (κ3) is 7.18. The van der Waals surface area contributed by atoms with Crippen LogP contribution in [0.4, 0.5) is 0 Å². The van der Waals surface area contributed by atoms with Gasteiger partial charge in [-0.1, -0.05) is 57.2 Å². The van der Waals surface area contributed by atoms with Crippen LogP contribution in [0.3, 0.4) is 0 Å². The molecule has 0 atom stereocenters. The average molecular weight is 387 g/mol. The summed E-state index contributed by atoms with van der Waals surface area (Å²) in [7, 11) is 0. The van der Waals surface area contributed by atoms with Crippen LogP contribution in [0.2, 0.25) is 0 Å². The molecule has 4 nitrogen and oxygen atoms in total. The monoisotopic (exact) mass is 386 g/mol. The van der Waals surface area contributed by atoms with Crippen LogP contribution in [0.25, 0.3) is 0 Å². The first kappa shape index (κ1) is 21.2. The van der Waals surface area contributed by atoms with E-state index in [4.69, 9.17) is 0 Å². The molecule has 0 N–H and O–H groups in total. The third-order valence-corrected chi connectivity index (χ3v) is 5.09. The first-order valence-corrected chi connectivity index (χ1v) is 10.5. The van der Waals surface area contributed by atoms with Gasteiger partial charge in [0.05, 0.1) is 13.1 Å². The van der Waals surface area contributed by atoms with Gasteiger partial charge in [0.15, 0.2) is 0 Å². The molecule has 0 spiro atoms. The molecule has 0 aliphatic carbocycles. The number of nitrogens with zero attached hydrogens (tertiary/aromatic N) is 2. The predicted molar refractivity (Wildman–Crippen MR) is 111 cm³/mol. The van der Waals surface area contributed by atoms with E-state index in [1.54, 1.807) is 16.2 Å². The lowest BCUT2D eigenvalue weighted by atomic mass is 10.1. The molecule has 1 heterocycles. The molecule has 27 heavy (non-hydrogen) atoms. The van der Waals surface area contributed by atoms with Crippen LogP contribution < -0.4 is 0 Å². The van der Waals surface area contributed by atoms with E-state index >= 15 is 0 Å². The van der Waals surface area contributed by atoms with E-state index in [0.717, 1.165) is 16.9 Å². The number of hydrogen-bond donors (Lipinski definition) is 0. The summed E-state index contributed by atoms with van der Waals surface area (Å²) in [6.07, 6.45) is 1.29. The normalized spacial score (nSPS) is 10.8. The Hall–Kier alpha value is -2.14. The molecule has 0 saturated heterocycles. The van der Waals surface area contributed by atoms with Crippen molar-refractivity contribution in [3.63, 3.8) is 0 Å². The number of hydrogen-bond acceptors (Lipinski definition) is 3. The summed E-state index contributed by atoms with van der Waals surface area (Å²) in [4.78, 5) is 30.3. The Morgan fingerprint density at radius 1 is 0.963 bits per heavy atom. The first-order chi connectivity index (χ1) is 13.0. The lowest BCUT2D eigenvalue weighted by Crippen LogP contribution is -2.43. The van der Waals surface area contributed by atoms with Gasteiger partial charge in [-0.2, -0.15) is 0 Å². The largest absolute Gasteiger partial charge is 0.333 e. The second-order valence-electron chi connectivity index (χ2n) is 7.23. The molecule has 1 aromatic heterocycles. The van der Waals surface area contributed by atoms with Gasteiger partial charge in [0.2, 0.25) is 11.8 Å². The molecule has 0 fully saturated rings. The average Bonchev–Trinajstić information content (AvgIpc) is 3.14. The van der Waals surface area contributed by atoms with Crippen LogP contribution >= 0.6 is 11.3 Å². The highest BCUT2D eigenvalue weighted by molar-refractivity contribution is 7.09. The minimum Gasteiger partial charge on any atom is -0.333 e. The van der Waals surface area contributed by atoms with Gasteiger partial charge in [0.25, 0.3) is 0 Å². The molecule has 0 radical (unpaired) electrons. The Balaban J connectivity index is 2.13. The molecular formula is C22H30N2O2S. The van der Waals surface area contributed by atoms with E-state index in [-0.39, 0.29) is 18.4 Å². The van der Waals surface area contributed by atoms with Crippen molar-refractivity contribution in [2.75, 3.05) is 13.1 Å². The maximum absolute atomic E-state index is 13.1. The number of carbonyl (C=O) groups is 2. The van der Waals surface area contributed by atoms with Gasteiger partial charge in [-0.25, -0.2) is 0 Å². The number of amides is 2. The maximum Gasteiger partial charge on any atom is 0.242 e. The zero-order valence-electron chi connectivity index (χ0n) is 16.6. The summed E-state index contributed by atoms with van der Waals surface area (Å²) in [5, 5.41) is 2.02. The fourth-order valence-corrected chi connectivity index (χ4v) is 3.68. The topological polar surface area (TPSA) is 40.6 Å². The molecule has 2 rings (SSSR count). The fraction of sp³-hybridized carbons (Fsp3) is 0.455. The van der Waals surface area contributed by atoms with Gasteiger partial charge < -0.3 is 9.80 Å². The lowest BCUT2D eigenvalue weighted by Gasteiger charge is -2.28. The quantitative estimate of drug-likeness (QED) is 0.600. The maximum atomic E-state index is 13.1. The van der Waals surface area contributed by atoms with Gasteiger partial charge in [-0.3, -0.25) is 9.59 Å². The first-order valence-electron chi connectivity index (χ1n) is 9.61. The number of benzene rings is 1. The van der Waals surface area contributed by atoms with Gasteiger partial charge in [-0.05, 0) is 29.3 Å². The van der Waals surface area contributed by atoms with Crippen LogP contribution in [0.15, 0.2) is 47.8 Å². The van der Waals surface area contributed by atoms with Gasteiger partial charge in [0, 0.05) is 24.4 Å². The van der Waals surface area contributed by atoms with Crippen LogP contribution in [-0.2, 0) is 22.7 Å². The minimum absolute atomic E-state index is 0.00245. The lowest BCUT2D eigenvalue weighted by molar-refractivity contribution is -0.141. The molecular weight excluding hydrogens is 356 g/mol. The molecule has 0 aliphatic heterocycles. The molecule has 146 valence electrons. The predicted octanol–water partition coefficient (Wildman–Crippen LogP) is 4.56. The number of rotatable bonds is 10. The van der Waals surface area contributed by atoms with Crippen molar-refractivity contribution in [3.8, 4) is 0 Å². The van der Waals surface area contributed by atoms with Crippen molar-refractivity contribution in [1.82, 2.24) is 9.80 Å². The van der Waals surface area contributed by atoms with Crippen molar-refractivity contribution in [2.24, 2.45) is 5.92 Å². The second kappa shape index (κ2) is 10.9. The summed E-state index contributed by atoms with van der Waals surface area (Å²) in [5.74, 6) is 0.395. The Morgan fingerprint density at radius 3 is 2.30 bits per heavy atom. The van der Waals surface area contributed by atoms with Crippen molar-refractivity contribution in [3.05, 3.63) is 58.3 Å². The van der Waals surface area contributed by atoms with E-state index in [1.807, 2.05) is 59.7 Å². The molecule has 0 aliphatic rings.